The minimum atomic E-state index is -0.687. The summed E-state index contributed by atoms with van der Waals surface area (Å²) < 4.78 is 21.0. The average molecular weight is 502 g/mol. The number of pyridine rings is 1. The first kappa shape index (κ1) is 24.5. The van der Waals surface area contributed by atoms with Crippen molar-refractivity contribution < 1.29 is 18.7 Å². The van der Waals surface area contributed by atoms with Crippen LogP contribution in [0.1, 0.15) is 23.2 Å². The second-order valence-electron chi connectivity index (χ2n) is 9.24. The largest absolute Gasteiger partial charge is 0.496 e. The Bertz CT molecular complexity index is 1490. The Hall–Kier alpha value is -4.24. The number of benzene rings is 2. The van der Waals surface area contributed by atoms with Crippen molar-refractivity contribution in [3.05, 3.63) is 66.2 Å². The number of fused-ring (bicyclic) bond motifs is 1. The Kier molecular flexibility index (Phi) is 6.62. The van der Waals surface area contributed by atoms with Gasteiger partial charge in [-0.2, -0.15) is 0 Å². The van der Waals surface area contributed by atoms with E-state index in [1.165, 1.54) is 11.0 Å². The van der Waals surface area contributed by atoms with Crippen LogP contribution in [0.2, 0.25) is 0 Å². The quantitative estimate of drug-likeness (QED) is 0.363. The summed E-state index contributed by atoms with van der Waals surface area (Å²) in [7, 11) is 4.79. The first-order valence-electron chi connectivity index (χ1n) is 12.1. The van der Waals surface area contributed by atoms with E-state index >= 15 is 4.39 Å². The fourth-order valence-electron chi connectivity index (χ4n) is 4.68. The Morgan fingerprint density at radius 1 is 1.14 bits per heavy atom. The molecule has 0 spiro atoms. The molecule has 0 aliphatic carbocycles. The van der Waals surface area contributed by atoms with Crippen LogP contribution in [0.3, 0.4) is 0 Å². The van der Waals surface area contributed by atoms with Crippen molar-refractivity contribution in [2.45, 2.75) is 18.9 Å². The molecule has 0 saturated carbocycles. The van der Waals surface area contributed by atoms with Gasteiger partial charge < -0.3 is 25.3 Å². The minimum Gasteiger partial charge on any atom is -0.496 e. The zero-order valence-electron chi connectivity index (χ0n) is 20.9. The normalized spacial score (nSPS) is 15.1. The van der Waals surface area contributed by atoms with Gasteiger partial charge in [-0.1, -0.05) is 18.2 Å². The Morgan fingerprint density at radius 2 is 1.95 bits per heavy atom. The van der Waals surface area contributed by atoms with Gasteiger partial charge in [0.2, 0.25) is 5.91 Å². The molecule has 1 atom stereocenters. The number of methoxy groups -OCH3 is 1. The Morgan fingerprint density at radius 3 is 2.68 bits per heavy atom. The van der Waals surface area contributed by atoms with Crippen molar-refractivity contribution in [2.24, 2.45) is 0 Å². The molecule has 2 aromatic heterocycles. The van der Waals surface area contributed by atoms with Gasteiger partial charge in [0.05, 0.1) is 24.4 Å². The van der Waals surface area contributed by atoms with Crippen LogP contribution in [0.5, 0.6) is 5.75 Å². The Labute approximate surface area is 213 Å². The number of H-pyrrole nitrogens is 1. The number of aromatic amines is 1. The summed E-state index contributed by atoms with van der Waals surface area (Å²) in [6, 6.07) is 12.1. The van der Waals surface area contributed by atoms with Gasteiger partial charge in [-0.3, -0.25) is 9.59 Å². The molecule has 0 radical (unpaired) electrons. The van der Waals surface area contributed by atoms with Crippen molar-refractivity contribution in [1.29, 1.82) is 0 Å². The second-order valence-corrected chi connectivity index (χ2v) is 9.24. The van der Waals surface area contributed by atoms with Gasteiger partial charge in [-0.05, 0) is 49.2 Å². The van der Waals surface area contributed by atoms with E-state index in [9.17, 15) is 9.59 Å². The molecule has 3 N–H and O–H groups in total. The van der Waals surface area contributed by atoms with Crippen LogP contribution in [0.25, 0.3) is 33.3 Å². The summed E-state index contributed by atoms with van der Waals surface area (Å²) in [5.74, 6) is -0.738. The van der Waals surface area contributed by atoms with Gasteiger partial charge in [-0.25, -0.2) is 9.37 Å². The molecule has 1 aliphatic heterocycles. The maximum absolute atomic E-state index is 15.5. The lowest BCUT2D eigenvalue weighted by Gasteiger charge is -2.18. The predicted molar refractivity (Wildman–Crippen MR) is 141 cm³/mol. The number of rotatable bonds is 6. The highest BCUT2D eigenvalue weighted by atomic mass is 19.1. The van der Waals surface area contributed by atoms with Gasteiger partial charge in [0.25, 0.3) is 5.91 Å². The number of nitrogens with zero attached hydrogens (tertiary/aromatic N) is 2. The average Bonchev–Trinajstić information content (AvgIpc) is 3.59. The number of para-hydroxylation sites is 1. The van der Waals surface area contributed by atoms with Crippen LogP contribution in [0, 0.1) is 5.82 Å². The fraction of sp³-hybridized carbons (Fsp3) is 0.250. The summed E-state index contributed by atoms with van der Waals surface area (Å²) in [4.78, 5) is 34.8. The lowest BCUT2D eigenvalue weighted by molar-refractivity contribution is -0.117. The third-order valence-corrected chi connectivity index (χ3v) is 6.61. The van der Waals surface area contributed by atoms with E-state index in [0.717, 1.165) is 35.2 Å². The molecule has 0 bridgehead atoms. The van der Waals surface area contributed by atoms with Crippen LogP contribution in [-0.4, -0.2) is 60.5 Å². The predicted octanol–water partition coefficient (Wildman–Crippen LogP) is 4.44. The molecule has 9 heteroatoms. The molecule has 2 amide bonds. The summed E-state index contributed by atoms with van der Waals surface area (Å²) in [6.07, 6.45) is 5.02. The molecule has 190 valence electrons. The van der Waals surface area contributed by atoms with E-state index in [1.807, 2.05) is 36.5 Å². The molecular formula is C28H28FN5O3. The highest BCUT2D eigenvalue weighted by Crippen LogP contribution is 2.37. The molecule has 8 nitrogen and oxygen atoms in total. The highest BCUT2D eigenvalue weighted by molar-refractivity contribution is 6.06. The van der Waals surface area contributed by atoms with E-state index in [-0.39, 0.29) is 17.2 Å². The van der Waals surface area contributed by atoms with Crippen molar-refractivity contribution in [3.8, 4) is 28.0 Å². The lowest BCUT2D eigenvalue weighted by Crippen LogP contribution is -2.36. The van der Waals surface area contributed by atoms with E-state index in [2.05, 4.69) is 20.6 Å². The summed E-state index contributed by atoms with van der Waals surface area (Å²) in [5.41, 5.74) is 3.51. The number of amides is 2. The molecule has 4 aromatic rings. The number of anilines is 1. The second kappa shape index (κ2) is 10.0. The zero-order chi connectivity index (χ0) is 26.1. The summed E-state index contributed by atoms with van der Waals surface area (Å²) >= 11 is 0. The molecule has 3 heterocycles. The van der Waals surface area contributed by atoms with Crippen LogP contribution >= 0.6 is 0 Å². The smallest absolute Gasteiger partial charge is 0.255 e. The number of nitrogens with one attached hydrogen (secondary N) is 3. The van der Waals surface area contributed by atoms with Crippen molar-refractivity contribution in [1.82, 2.24) is 20.2 Å². The third-order valence-electron chi connectivity index (χ3n) is 6.61. The SMILES string of the molecule is COc1ccccc1-c1c[nH]c2ncc(-c3cc(F)c(NC(=O)[C@@H]4CCCN4)c(C(=O)N(C)C)c3)cc12. The van der Waals surface area contributed by atoms with Gasteiger partial charge in [0.1, 0.15) is 17.2 Å². The van der Waals surface area contributed by atoms with Crippen LogP contribution in [-0.2, 0) is 4.79 Å². The van der Waals surface area contributed by atoms with Crippen molar-refractivity contribution in [2.75, 3.05) is 33.1 Å². The van der Waals surface area contributed by atoms with Gasteiger partial charge in [0.15, 0.2) is 0 Å². The van der Waals surface area contributed by atoms with Crippen LogP contribution in [0.15, 0.2) is 54.9 Å². The van der Waals surface area contributed by atoms with Gasteiger partial charge in [0, 0.05) is 48.6 Å². The van der Waals surface area contributed by atoms with Crippen LogP contribution < -0.4 is 15.4 Å². The minimum absolute atomic E-state index is 0.0745. The van der Waals surface area contributed by atoms with Gasteiger partial charge in [-0.15, -0.1) is 0 Å². The molecule has 37 heavy (non-hydrogen) atoms. The third kappa shape index (κ3) is 4.65. The monoisotopic (exact) mass is 501 g/mol. The molecular weight excluding hydrogens is 473 g/mol. The molecule has 1 aliphatic rings. The van der Waals surface area contributed by atoms with E-state index in [1.54, 1.807) is 33.5 Å². The maximum Gasteiger partial charge on any atom is 0.255 e. The molecule has 5 rings (SSSR count). The number of halogens is 1. The lowest BCUT2D eigenvalue weighted by atomic mass is 9.99. The van der Waals surface area contributed by atoms with E-state index < -0.39 is 17.8 Å². The first-order chi connectivity index (χ1) is 17.9. The number of carbonyl (C=O) groups excluding carboxylic acids is 2. The number of carbonyl (C=O) groups is 2. The van der Waals surface area contributed by atoms with E-state index in [0.29, 0.717) is 23.2 Å². The fourth-order valence-corrected chi connectivity index (χ4v) is 4.68. The molecule has 2 aromatic carbocycles. The molecule has 1 fully saturated rings. The highest BCUT2D eigenvalue weighted by Gasteiger charge is 2.26. The number of hydrogen-bond donors (Lipinski definition) is 3. The Balaban J connectivity index is 1.59. The van der Waals surface area contributed by atoms with Crippen molar-refractivity contribution in [3.63, 3.8) is 0 Å². The standard InChI is InChI=1S/C28H28FN5O3/c1-34(2)28(36)20-11-16(13-22(29)25(20)33-27(35)23-8-6-10-30-23)17-12-19-21(15-32-26(19)31-14-17)18-7-4-5-9-24(18)37-3/h4-5,7,9,11-15,23,30H,6,8,10H2,1-3H3,(H,31,32)(H,33,35)/t23-/m0/s1. The number of hydrogen-bond acceptors (Lipinski definition) is 5. The summed E-state index contributed by atoms with van der Waals surface area (Å²) in [5, 5.41) is 6.57. The van der Waals surface area contributed by atoms with E-state index in [4.69, 9.17) is 4.74 Å². The number of aromatic nitrogens is 2. The van der Waals surface area contributed by atoms with Crippen molar-refractivity contribution >= 4 is 28.5 Å². The molecule has 1 saturated heterocycles. The maximum atomic E-state index is 15.5. The first-order valence-corrected chi connectivity index (χ1v) is 12.1. The summed E-state index contributed by atoms with van der Waals surface area (Å²) in [6.45, 7) is 0.731. The number of ether oxygens (including phenoxy) is 1. The van der Waals surface area contributed by atoms with Gasteiger partial charge >= 0.3 is 0 Å². The molecule has 0 unspecified atom stereocenters. The topological polar surface area (TPSA) is 99.3 Å². The zero-order valence-corrected chi connectivity index (χ0v) is 20.9. The van der Waals surface area contributed by atoms with Crippen LogP contribution in [0.4, 0.5) is 10.1 Å².